The first-order chi connectivity index (χ1) is 15.0. The Bertz CT molecular complexity index is 1200. The van der Waals surface area contributed by atoms with Gasteiger partial charge in [0.05, 0.1) is 0 Å². The Balaban J connectivity index is 1.99. The molecule has 1 N–H and O–H groups in total. The van der Waals surface area contributed by atoms with E-state index in [1.807, 2.05) is 17.5 Å². The number of hydrogen-bond donors (Lipinski definition) is 1. The summed E-state index contributed by atoms with van der Waals surface area (Å²) in [5.74, 6) is -0.341. The minimum atomic E-state index is -3.27. The number of hydrogen-bond acceptors (Lipinski definition) is 4. The molecule has 0 aliphatic carbocycles. The second-order valence-electron chi connectivity index (χ2n) is 8.78. The van der Waals surface area contributed by atoms with Gasteiger partial charge in [-0.3, -0.25) is 0 Å². The predicted molar refractivity (Wildman–Crippen MR) is 141 cm³/mol. The molecule has 0 saturated carbocycles. The fourth-order valence-electron chi connectivity index (χ4n) is 3.57. The molecule has 2 atom stereocenters. The molecule has 3 aromatic rings. The number of halogens is 1. The molecular formula is C24H29ClNO3PSSn. The summed E-state index contributed by atoms with van der Waals surface area (Å²) in [5, 5.41) is 6.39. The van der Waals surface area contributed by atoms with Crippen molar-refractivity contribution in [3.8, 4) is 0 Å². The SMILES string of the molecule is CCOP(C)(=O)C(C(=O)N/C=C/c1cccc(Cl)c1)c1csc2cc[c]([Sn]([CH3])([CH3])[CH3])cc12. The van der Waals surface area contributed by atoms with Crippen LogP contribution in [0.2, 0.25) is 19.8 Å². The van der Waals surface area contributed by atoms with Gasteiger partial charge in [0.15, 0.2) is 0 Å². The van der Waals surface area contributed by atoms with Crippen LogP contribution >= 0.6 is 30.3 Å². The molecule has 0 aliphatic rings. The van der Waals surface area contributed by atoms with Gasteiger partial charge in [0.25, 0.3) is 0 Å². The average molecular weight is 597 g/mol. The molecular weight excluding hydrogens is 567 g/mol. The molecule has 0 spiro atoms. The summed E-state index contributed by atoms with van der Waals surface area (Å²) in [5.41, 5.74) is 0.753. The van der Waals surface area contributed by atoms with Gasteiger partial charge in [-0.05, 0) is 6.07 Å². The molecule has 8 heteroatoms. The minimum absolute atomic E-state index is 0.279. The van der Waals surface area contributed by atoms with E-state index in [0.717, 1.165) is 21.2 Å². The van der Waals surface area contributed by atoms with Gasteiger partial charge in [-0.25, -0.2) is 0 Å². The molecule has 3 rings (SSSR count). The van der Waals surface area contributed by atoms with Crippen molar-refractivity contribution in [1.29, 1.82) is 0 Å². The van der Waals surface area contributed by atoms with Crippen molar-refractivity contribution in [2.45, 2.75) is 27.4 Å². The molecule has 0 bridgehead atoms. The first-order valence-corrected chi connectivity index (χ1v) is 23.9. The molecule has 0 saturated heterocycles. The van der Waals surface area contributed by atoms with Crippen LogP contribution in [0.4, 0.5) is 0 Å². The molecule has 170 valence electrons. The van der Waals surface area contributed by atoms with Gasteiger partial charge in [-0.15, -0.1) is 0 Å². The Morgan fingerprint density at radius 1 is 1.25 bits per heavy atom. The predicted octanol–water partition coefficient (Wildman–Crippen LogP) is 6.87. The number of nitrogens with one attached hydrogen (secondary N) is 1. The Kier molecular flexibility index (Phi) is 8.32. The third kappa shape index (κ3) is 6.06. The van der Waals surface area contributed by atoms with Crippen LogP contribution < -0.4 is 8.90 Å². The molecule has 4 nitrogen and oxygen atoms in total. The molecule has 0 fully saturated rings. The normalized spacial score (nSPS) is 15.1. The third-order valence-corrected chi connectivity index (χ3v) is 14.5. The molecule has 0 aliphatic heterocycles. The van der Waals surface area contributed by atoms with Crippen LogP contribution in [-0.2, 0) is 13.9 Å². The number of thiophene rings is 1. The maximum atomic E-state index is 13.6. The first-order valence-electron chi connectivity index (χ1n) is 10.5. The summed E-state index contributed by atoms with van der Waals surface area (Å²) in [6.45, 7) is 3.63. The number of amides is 1. The van der Waals surface area contributed by atoms with Crippen LogP contribution in [-0.4, -0.2) is 37.6 Å². The van der Waals surface area contributed by atoms with E-state index in [-0.39, 0.29) is 12.5 Å². The van der Waals surface area contributed by atoms with Crippen molar-refractivity contribution in [1.82, 2.24) is 5.32 Å². The summed E-state index contributed by atoms with van der Waals surface area (Å²) in [6, 6.07) is 13.9. The number of carbonyl (C=O) groups excluding carboxylic acids is 1. The van der Waals surface area contributed by atoms with Gasteiger partial charge >= 0.3 is 187 Å². The zero-order valence-corrected chi connectivity index (χ0v) is 24.3. The standard InChI is InChI=1S/C21H20ClNO3PS.3CH3.Sn/c1-3-26-27(2,25)20(18-14-28-19-10-5-4-9-17(18)19)21(24)23-12-11-15-7-6-8-16(22)13-15;;;;/h5-14,20H,3H2,1-2H3,(H,23,24);3*1H3;/b12-11+;;;;. The first kappa shape index (κ1) is 25.5. The fourth-order valence-corrected chi connectivity index (χ4v) is 10.0. The van der Waals surface area contributed by atoms with E-state index in [4.69, 9.17) is 16.1 Å². The van der Waals surface area contributed by atoms with E-state index in [0.29, 0.717) is 5.02 Å². The van der Waals surface area contributed by atoms with Gasteiger partial charge in [-0.2, -0.15) is 0 Å². The number of fused-ring (bicyclic) bond motifs is 1. The van der Waals surface area contributed by atoms with Crippen molar-refractivity contribution < 1.29 is 13.9 Å². The average Bonchev–Trinajstić information content (AvgIpc) is 3.10. The Hall–Kier alpha value is -1.11. The van der Waals surface area contributed by atoms with Crippen molar-refractivity contribution in [3.63, 3.8) is 0 Å². The topological polar surface area (TPSA) is 55.4 Å². The third-order valence-electron chi connectivity index (χ3n) is 5.22. The second-order valence-corrected chi connectivity index (χ2v) is 27.2. The van der Waals surface area contributed by atoms with Crippen molar-refractivity contribution in [3.05, 3.63) is 70.2 Å². The number of carbonyl (C=O) groups is 1. The quantitative estimate of drug-likeness (QED) is 0.228. The molecule has 32 heavy (non-hydrogen) atoms. The molecule has 1 heterocycles. The summed E-state index contributed by atoms with van der Waals surface area (Å²) >= 11 is 5.27. The van der Waals surface area contributed by atoms with Gasteiger partial charge in [0.2, 0.25) is 0 Å². The summed E-state index contributed by atoms with van der Waals surface area (Å²) in [6.07, 6.45) is 3.33. The molecule has 1 amide bonds. The van der Waals surface area contributed by atoms with Gasteiger partial charge in [0.1, 0.15) is 0 Å². The van der Waals surface area contributed by atoms with E-state index in [1.54, 1.807) is 49.3 Å². The van der Waals surface area contributed by atoms with E-state index in [9.17, 15) is 9.36 Å². The maximum absolute atomic E-state index is 13.6. The van der Waals surface area contributed by atoms with Crippen LogP contribution in [0, 0.1) is 0 Å². The monoisotopic (exact) mass is 597 g/mol. The summed E-state index contributed by atoms with van der Waals surface area (Å²) in [4.78, 5) is 20.4. The number of benzene rings is 2. The summed E-state index contributed by atoms with van der Waals surface area (Å²) < 4.78 is 21.6. The van der Waals surface area contributed by atoms with Crippen LogP contribution in [0.3, 0.4) is 0 Å². The molecule has 1 aromatic heterocycles. The zero-order valence-electron chi connectivity index (χ0n) is 19.0. The fraction of sp³-hybridized carbons (Fsp3) is 0.292. The molecule has 2 unspecified atom stereocenters. The second kappa shape index (κ2) is 10.4. The van der Waals surface area contributed by atoms with Gasteiger partial charge < -0.3 is 0 Å². The van der Waals surface area contributed by atoms with Crippen LogP contribution in [0.15, 0.2) is 54.0 Å². The van der Waals surface area contributed by atoms with Crippen molar-refractivity contribution >= 4 is 74.3 Å². The van der Waals surface area contributed by atoms with Gasteiger partial charge in [-0.1, -0.05) is 11.6 Å². The van der Waals surface area contributed by atoms with E-state index < -0.39 is 31.4 Å². The Morgan fingerprint density at radius 3 is 2.66 bits per heavy atom. The van der Waals surface area contributed by atoms with Crippen molar-refractivity contribution in [2.24, 2.45) is 0 Å². The van der Waals surface area contributed by atoms with E-state index in [2.05, 4.69) is 38.3 Å². The molecule has 0 radical (unpaired) electrons. The van der Waals surface area contributed by atoms with Crippen LogP contribution in [0.1, 0.15) is 23.7 Å². The van der Waals surface area contributed by atoms with Crippen molar-refractivity contribution in [2.75, 3.05) is 13.3 Å². The summed E-state index contributed by atoms with van der Waals surface area (Å²) in [7, 11) is -3.27. The Morgan fingerprint density at radius 2 is 2.00 bits per heavy atom. The van der Waals surface area contributed by atoms with Crippen LogP contribution in [0.25, 0.3) is 16.2 Å². The number of rotatable bonds is 8. The Labute approximate surface area is 203 Å². The van der Waals surface area contributed by atoms with E-state index in [1.165, 1.54) is 3.58 Å². The van der Waals surface area contributed by atoms with Gasteiger partial charge in [0, 0.05) is 0 Å². The van der Waals surface area contributed by atoms with E-state index >= 15 is 0 Å². The zero-order chi connectivity index (χ0) is 23.5. The molecule has 2 aromatic carbocycles. The van der Waals surface area contributed by atoms with Crippen LogP contribution in [0.5, 0.6) is 0 Å².